The first kappa shape index (κ1) is 17.4. The number of nitrogens with zero attached hydrogens (tertiary/aromatic N) is 1. The lowest BCUT2D eigenvalue weighted by Crippen LogP contribution is -2.35. The van der Waals surface area contributed by atoms with Crippen LogP contribution in [0.2, 0.25) is 0 Å². The SMILES string of the molecule is CCOC(=O)CN(CCOC)c1cc(C)ccc1C(N)=S. The second-order valence-corrected chi connectivity index (χ2v) is 5.04. The molecule has 0 aliphatic rings. The third kappa shape index (κ3) is 5.32. The van der Waals surface area contributed by atoms with Gasteiger partial charge in [0.2, 0.25) is 0 Å². The first-order valence-corrected chi connectivity index (χ1v) is 7.20. The summed E-state index contributed by atoms with van der Waals surface area (Å²) in [6, 6.07) is 5.78. The number of hydrogen-bond donors (Lipinski definition) is 1. The number of ether oxygens (including phenoxy) is 2. The molecule has 1 aromatic carbocycles. The topological polar surface area (TPSA) is 64.8 Å². The molecule has 0 unspecified atom stereocenters. The molecule has 116 valence electrons. The number of esters is 1. The molecular weight excluding hydrogens is 288 g/mol. The zero-order valence-electron chi connectivity index (χ0n) is 12.7. The minimum absolute atomic E-state index is 0.135. The van der Waals surface area contributed by atoms with Crippen LogP contribution in [-0.4, -0.2) is 44.4 Å². The van der Waals surface area contributed by atoms with Gasteiger partial charge in [-0.2, -0.15) is 0 Å². The van der Waals surface area contributed by atoms with Crippen molar-refractivity contribution in [1.82, 2.24) is 0 Å². The highest BCUT2D eigenvalue weighted by molar-refractivity contribution is 7.80. The highest BCUT2D eigenvalue weighted by atomic mass is 32.1. The monoisotopic (exact) mass is 310 g/mol. The summed E-state index contributed by atoms with van der Waals surface area (Å²) in [7, 11) is 1.62. The van der Waals surface area contributed by atoms with Crippen molar-refractivity contribution in [3.8, 4) is 0 Å². The Morgan fingerprint density at radius 3 is 2.71 bits per heavy atom. The summed E-state index contributed by atoms with van der Waals surface area (Å²) < 4.78 is 10.1. The molecule has 0 heterocycles. The molecule has 0 aliphatic heterocycles. The van der Waals surface area contributed by atoms with Crippen molar-refractivity contribution >= 4 is 28.9 Å². The number of hydrogen-bond acceptors (Lipinski definition) is 5. The Labute approximate surface area is 131 Å². The number of thiocarbonyl (C=S) groups is 1. The van der Waals surface area contributed by atoms with Crippen LogP contribution < -0.4 is 10.6 Å². The lowest BCUT2D eigenvalue weighted by molar-refractivity contribution is -0.141. The third-order valence-electron chi connectivity index (χ3n) is 2.95. The lowest BCUT2D eigenvalue weighted by atomic mass is 10.1. The van der Waals surface area contributed by atoms with Crippen LogP contribution in [0.3, 0.4) is 0 Å². The van der Waals surface area contributed by atoms with Crippen LogP contribution in [0.4, 0.5) is 5.69 Å². The summed E-state index contributed by atoms with van der Waals surface area (Å²) >= 11 is 5.09. The van der Waals surface area contributed by atoms with Gasteiger partial charge in [0, 0.05) is 24.9 Å². The van der Waals surface area contributed by atoms with Crippen molar-refractivity contribution in [3.63, 3.8) is 0 Å². The van der Waals surface area contributed by atoms with E-state index in [1.165, 1.54) is 0 Å². The van der Waals surface area contributed by atoms with E-state index in [9.17, 15) is 4.79 Å². The Morgan fingerprint density at radius 1 is 1.43 bits per heavy atom. The molecule has 2 N–H and O–H groups in total. The van der Waals surface area contributed by atoms with Gasteiger partial charge in [-0.3, -0.25) is 4.79 Å². The Hall–Kier alpha value is -1.66. The van der Waals surface area contributed by atoms with Crippen molar-refractivity contribution in [2.24, 2.45) is 5.73 Å². The summed E-state index contributed by atoms with van der Waals surface area (Å²) in [4.78, 5) is 14.0. The zero-order chi connectivity index (χ0) is 15.8. The molecule has 0 aliphatic carbocycles. The zero-order valence-corrected chi connectivity index (χ0v) is 13.5. The molecule has 1 aromatic rings. The highest BCUT2D eigenvalue weighted by Gasteiger charge is 2.17. The maximum Gasteiger partial charge on any atom is 0.325 e. The lowest BCUT2D eigenvalue weighted by Gasteiger charge is -2.26. The summed E-state index contributed by atoms with van der Waals surface area (Å²) in [6.07, 6.45) is 0. The van der Waals surface area contributed by atoms with E-state index in [1.807, 2.05) is 30.0 Å². The first-order chi connectivity index (χ1) is 9.99. The van der Waals surface area contributed by atoms with E-state index < -0.39 is 0 Å². The maximum atomic E-state index is 11.8. The smallest absolute Gasteiger partial charge is 0.325 e. The molecule has 0 spiro atoms. The van der Waals surface area contributed by atoms with Gasteiger partial charge in [-0.05, 0) is 31.5 Å². The second kappa shape index (κ2) is 8.59. The molecule has 0 fully saturated rings. The van der Waals surface area contributed by atoms with Gasteiger partial charge in [0.25, 0.3) is 0 Å². The standard InChI is InChI=1S/C15H22N2O3S/c1-4-20-14(18)10-17(7-8-19-3)13-9-11(2)5-6-12(13)15(16)21/h5-6,9H,4,7-8,10H2,1-3H3,(H2,16,21). The molecule has 0 radical (unpaired) electrons. The summed E-state index contributed by atoms with van der Waals surface area (Å²) in [5.74, 6) is -0.288. The number of nitrogens with two attached hydrogens (primary N) is 1. The number of anilines is 1. The third-order valence-corrected chi connectivity index (χ3v) is 3.17. The molecule has 0 saturated carbocycles. The van der Waals surface area contributed by atoms with Crippen molar-refractivity contribution < 1.29 is 14.3 Å². The normalized spacial score (nSPS) is 10.2. The molecular formula is C15H22N2O3S. The van der Waals surface area contributed by atoms with Crippen LogP contribution in [0.1, 0.15) is 18.1 Å². The fraction of sp³-hybridized carbons (Fsp3) is 0.467. The van der Waals surface area contributed by atoms with Gasteiger partial charge in [-0.15, -0.1) is 0 Å². The average molecular weight is 310 g/mol. The van der Waals surface area contributed by atoms with Crippen LogP contribution in [-0.2, 0) is 14.3 Å². The number of benzene rings is 1. The number of aryl methyl sites for hydroxylation is 1. The van der Waals surface area contributed by atoms with Crippen LogP contribution in [0.15, 0.2) is 18.2 Å². The van der Waals surface area contributed by atoms with Crippen molar-refractivity contribution in [2.45, 2.75) is 13.8 Å². The van der Waals surface area contributed by atoms with Gasteiger partial charge in [0.1, 0.15) is 11.5 Å². The number of carbonyl (C=O) groups excluding carboxylic acids is 1. The Balaban J connectivity index is 3.09. The van der Waals surface area contributed by atoms with Gasteiger partial charge < -0.3 is 20.1 Å². The van der Waals surface area contributed by atoms with E-state index in [1.54, 1.807) is 14.0 Å². The largest absolute Gasteiger partial charge is 0.465 e. The van der Waals surface area contributed by atoms with E-state index in [2.05, 4.69) is 0 Å². The predicted molar refractivity (Wildman–Crippen MR) is 87.8 cm³/mol. The minimum atomic E-state index is -0.288. The van der Waals surface area contributed by atoms with Crippen molar-refractivity contribution in [3.05, 3.63) is 29.3 Å². The van der Waals surface area contributed by atoms with Gasteiger partial charge in [0.05, 0.1) is 13.2 Å². The fourth-order valence-corrected chi connectivity index (χ4v) is 2.13. The number of methoxy groups -OCH3 is 1. The van der Waals surface area contributed by atoms with Gasteiger partial charge in [-0.25, -0.2) is 0 Å². The number of carbonyl (C=O) groups is 1. The van der Waals surface area contributed by atoms with Crippen molar-refractivity contribution in [1.29, 1.82) is 0 Å². The Morgan fingerprint density at radius 2 is 2.14 bits per heavy atom. The van der Waals surface area contributed by atoms with Crippen LogP contribution in [0, 0.1) is 6.92 Å². The quantitative estimate of drug-likeness (QED) is 0.582. The highest BCUT2D eigenvalue weighted by Crippen LogP contribution is 2.22. The summed E-state index contributed by atoms with van der Waals surface area (Å²) in [5.41, 5.74) is 8.42. The van der Waals surface area contributed by atoms with E-state index in [0.29, 0.717) is 24.7 Å². The molecule has 0 saturated heterocycles. The fourth-order valence-electron chi connectivity index (χ4n) is 1.96. The van der Waals surface area contributed by atoms with Gasteiger partial charge >= 0.3 is 5.97 Å². The van der Waals surface area contributed by atoms with E-state index >= 15 is 0 Å². The van der Waals surface area contributed by atoms with Gasteiger partial charge in [-0.1, -0.05) is 18.3 Å². The molecule has 6 heteroatoms. The van der Waals surface area contributed by atoms with E-state index in [4.69, 9.17) is 27.4 Å². The Bertz CT molecular complexity index is 506. The molecule has 0 amide bonds. The first-order valence-electron chi connectivity index (χ1n) is 6.79. The summed E-state index contributed by atoms with van der Waals surface area (Å²) in [5, 5.41) is 0. The van der Waals surface area contributed by atoms with Crippen LogP contribution in [0.25, 0.3) is 0 Å². The molecule has 0 atom stereocenters. The summed E-state index contributed by atoms with van der Waals surface area (Å²) in [6.45, 7) is 5.29. The van der Waals surface area contributed by atoms with E-state index in [0.717, 1.165) is 16.8 Å². The molecule has 21 heavy (non-hydrogen) atoms. The number of rotatable bonds is 8. The molecule has 5 nitrogen and oxygen atoms in total. The molecule has 0 bridgehead atoms. The molecule has 0 aromatic heterocycles. The van der Waals surface area contributed by atoms with Crippen LogP contribution in [0.5, 0.6) is 0 Å². The average Bonchev–Trinajstić information content (AvgIpc) is 2.43. The molecule has 1 rings (SSSR count). The van der Waals surface area contributed by atoms with Crippen LogP contribution >= 0.6 is 12.2 Å². The second-order valence-electron chi connectivity index (χ2n) is 4.60. The minimum Gasteiger partial charge on any atom is -0.465 e. The van der Waals surface area contributed by atoms with Crippen molar-refractivity contribution in [2.75, 3.05) is 38.3 Å². The Kier molecular flexibility index (Phi) is 7.11. The van der Waals surface area contributed by atoms with Gasteiger partial charge in [0.15, 0.2) is 0 Å². The van der Waals surface area contributed by atoms with E-state index in [-0.39, 0.29) is 12.5 Å². The predicted octanol–water partition coefficient (Wildman–Crippen LogP) is 1.65. The maximum absolute atomic E-state index is 11.8.